The summed E-state index contributed by atoms with van der Waals surface area (Å²) < 4.78 is 4.68. The fourth-order valence-electron chi connectivity index (χ4n) is 0.997. The van der Waals surface area contributed by atoms with Gasteiger partial charge in [0.15, 0.2) is 6.29 Å². The summed E-state index contributed by atoms with van der Waals surface area (Å²) in [4.78, 5) is 2.45. The van der Waals surface area contributed by atoms with Crippen LogP contribution in [0.2, 0.25) is 0 Å². The first-order valence-corrected chi connectivity index (χ1v) is 3.37. The second-order valence-electron chi connectivity index (χ2n) is 2.46. The zero-order valence-electron chi connectivity index (χ0n) is 6.11. The molecule has 12 heavy (non-hydrogen) atoms. The third-order valence-corrected chi connectivity index (χ3v) is 1.66. The van der Waals surface area contributed by atoms with Crippen LogP contribution in [-0.2, 0) is 4.74 Å². The van der Waals surface area contributed by atoms with Crippen molar-refractivity contribution < 1.29 is 20.1 Å². The third kappa shape index (κ3) is 1.66. The number of aliphatic hydroxyl groups excluding tert-OH is 3. The summed E-state index contributed by atoms with van der Waals surface area (Å²) in [6.07, 6.45) is -4.76. The monoisotopic (exact) mass is 175 g/mol. The minimum absolute atomic E-state index is 0.105. The van der Waals surface area contributed by atoms with Gasteiger partial charge in [-0.2, -0.15) is 0 Å². The van der Waals surface area contributed by atoms with Gasteiger partial charge >= 0.3 is 0 Å². The summed E-state index contributed by atoms with van der Waals surface area (Å²) in [5, 5.41) is 30.1. The molecule has 0 saturated carbocycles. The Hall–Kier alpha value is -0.850. The average molecular weight is 175 g/mol. The second-order valence-corrected chi connectivity index (χ2v) is 2.46. The Morgan fingerprint density at radius 3 is 2.42 bits per heavy atom. The summed E-state index contributed by atoms with van der Waals surface area (Å²) in [5.74, 6) is 0. The molecule has 1 rings (SSSR count). The summed E-state index contributed by atoms with van der Waals surface area (Å²) in [6, 6.07) is 0. The smallest absolute Gasteiger partial charge is 0.183 e. The van der Waals surface area contributed by atoms with Crippen LogP contribution in [0.3, 0.4) is 0 Å². The Morgan fingerprint density at radius 1 is 1.33 bits per heavy atom. The molecule has 7 nitrogen and oxygen atoms in total. The fraction of sp³-hybridized carbons (Fsp3) is 1.00. The molecule has 7 heteroatoms. The lowest BCUT2D eigenvalue weighted by molar-refractivity contribution is -0.125. The standard InChI is InChI=1S/C5H9N3O4/c6-8-7-1-2-3(9)4(10)5(11)12-2/h2-5,9-11H,1H2/t2?,3-,4?,5?/m0/s1. The highest BCUT2D eigenvalue weighted by atomic mass is 16.6. The maximum Gasteiger partial charge on any atom is 0.183 e. The fourth-order valence-corrected chi connectivity index (χ4v) is 0.997. The van der Waals surface area contributed by atoms with Gasteiger partial charge in [0.1, 0.15) is 12.2 Å². The van der Waals surface area contributed by atoms with Crippen LogP contribution in [-0.4, -0.2) is 46.5 Å². The molecule has 0 aromatic carbocycles. The zero-order valence-corrected chi connectivity index (χ0v) is 6.11. The van der Waals surface area contributed by atoms with Crippen molar-refractivity contribution in [3.63, 3.8) is 0 Å². The molecule has 68 valence electrons. The highest BCUT2D eigenvalue weighted by molar-refractivity contribution is 4.86. The molecule has 4 atom stereocenters. The predicted octanol–water partition coefficient (Wildman–Crippen LogP) is -1.26. The second kappa shape index (κ2) is 3.70. The van der Waals surface area contributed by atoms with E-state index in [1.165, 1.54) is 0 Å². The van der Waals surface area contributed by atoms with E-state index in [0.717, 1.165) is 0 Å². The highest BCUT2D eigenvalue weighted by Gasteiger charge is 2.41. The van der Waals surface area contributed by atoms with Crippen molar-refractivity contribution in [2.24, 2.45) is 5.11 Å². The molecule has 1 saturated heterocycles. The van der Waals surface area contributed by atoms with Gasteiger partial charge in [0.25, 0.3) is 0 Å². The zero-order chi connectivity index (χ0) is 9.14. The van der Waals surface area contributed by atoms with Crippen molar-refractivity contribution in [2.45, 2.75) is 24.6 Å². The first-order valence-electron chi connectivity index (χ1n) is 3.37. The molecule has 0 aliphatic carbocycles. The molecule has 0 aromatic rings. The maximum atomic E-state index is 9.14. The first-order chi connectivity index (χ1) is 5.66. The first kappa shape index (κ1) is 9.24. The minimum atomic E-state index is -1.40. The summed E-state index contributed by atoms with van der Waals surface area (Å²) >= 11 is 0. The molecule has 0 radical (unpaired) electrons. The van der Waals surface area contributed by atoms with Gasteiger partial charge in [-0.1, -0.05) is 5.11 Å². The van der Waals surface area contributed by atoms with E-state index < -0.39 is 24.6 Å². The number of hydrogen-bond acceptors (Lipinski definition) is 5. The SMILES string of the molecule is [N-]=[N+]=NCC1OC(O)C(O)[C@H]1O. The number of nitrogens with zero attached hydrogens (tertiary/aromatic N) is 3. The molecular formula is C5H9N3O4. The van der Waals surface area contributed by atoms with Gasteiger partial charge in [-0.25, -0.2) is 0 Å². The van der Waals surface area contributed by atoms with E-state index in [4.69, 9.17) is 20.9 Å². The van der Waals surface area contributed by atoms with Crippen LogP contribution in [0, 0.1) is 0 Å². The number of ether oxygens (including phenoxy) is 1. The minimum Gasteiger partial charge on any atom is -0.387 e. The van der Waals surface area contributed by atoms with E-state index in [1.54, 1.807) is 0 Å². The number of rotatable bonds is 2. The van der Waals surface area contributed by atoms with Gasteiger partial charge in [0, 0.05) is 4.91 Å². The van der Waals surface area contributed by atoms with Crippen molar-refractivity contribution in [3.8, 4) is 0 Å². The highest BCUT2D eigenvalue weighted by Crippen LogP contribution is 2.19. The Balaban J connectivity index is 2.52. The van der Waals surface area contributed by atoms with E-state index in [0.29, 0.717) is 0 Å². The quantitative estimate of drug-likeness (QED) is 0.275. The Kier molecular flexibility index (Phi) is 2.85. The van der Waals surface area contributed by atoms with Crippen molar-refractivity contribution >= 4 is 0 Å². The lowest BCUT2D eigenvalue weighted by Gasteiger charge is -2.10. The topological polar surface area (TPSA) is 119 Å². The van der Waals surface area contributed by atoms with Crippen LogP contribution in [0.25, 0.3) is 10.4 Å². The molecule has 1 aliphatic rings. The van der Waals surface area contributed by atoms with Crippen molar-refractivity contribution in [1.82, 2.24) is 0 Å². The molecule has 3 unspecified atom stereocenters. The van der Waals surface area contributed by atoms with Gasteiger partial charge in [-0.3, -0.25) is 0 Å². The molecule has 1 fully saturated rings. The van der Waals surface area contributed by atoms with E-state index in [-0.39, 0.29) is 6.54 Å². The summed E-state index contributed by atoms with van der Waals surface area (Å²) in [5.41, 5.74) is 7.94. The maximum absolute atomic E-state index is 9.14. The van der Waals surface area contributed by atoms with Gasteiger partial charge in [-0.05, 0) is 5.53 Å². The molecule has 1 heterocycles. The lowest BCUT2D eigenvalue weighted by Crippen LogP contribution is -2.33. The molecule has 0 bridgehead atoms. The van der Waals surface area contributed by atoms with Crippen molar-refractivity contribution in [1.29, 1.82) is 0 Å². The van der Waals surface area contributed by atoms with Gasteiger partial charge in [0.05, 0.1) is 12.6 Å². The van der Waals surface area contributed by atoms with Crippen LogP contribution in [0.5, 0.6) is 0 Å². The summed E-state index contributed by atoms with van der Waals surface area (Å²) in [6.45, 7) is -0.105. The predicted molar refractivity (Wildman–Crippen MR) is 36.9 cm³/mol. The van der Waals surface area contributed by atoms with Crippen LogP contribution >= 0.6 is 0 Å². The van der Waals surface area contributed by atoms with Gasteiger partial charge in [0.2, 0.25) is 0 Å². The van der Waals surface area contributed by atoms with Crippen LogP contribution < -0.4 is 0 Å². The van der Waals surface area contributed by atoms with Crippen molar-refractivity contribution in [3.05, 3.63) is 10.4 Å². The molecule has 0 aromatic heterocycles. The third-order valence-electron chi connectivity index (χ3n) is 1.66. The Morgan fingerprint density at radius 2 is 2.00 bits per heavy atom. The number of hydrogen-bond donors (Lipinski definition) is 3. The molecule has 3 N–H and O–H groups in total. The molecule has 0 amide bonds. The normalized spacial score (nSPS) is 40.9. The lowest BCUT2D eigenvalue weighted by atomic mass is 10.1. The van der Waals surface area contributed by atoms with E-state index >= 15 is 0 Å². The number of aliphatic hydroxyl groups is 3. The van der Waals surface area contributed by atoms with E-state index in [2.05, 4.69) is 14.8 Å². The summed E-state index contributed by atoms with van der Waals surface area (Å²) in [7, 11) is 0. The molecule has 0 spiro atoms. The van der Waals surface area contributed by atoms with Crippen molar-refractivity contribution in [2.75, 3.05) is 6.54 Å². The van der Waals surface area contributed by atoms with Gasteiger partial charge in [-0.15, -0.1) is 0 Å². The van der Waals surface area contributed by atoms with E-state index in [9.17, 15) is 0 Å². The number of azide groups is 1. The average Bonchev–Trinajstić information content (AvgIpc) is 2.30. The Bertz CT molecular complexity index is 205. The van der Waals surface area contributed by atoms with Gasteiger partial charge < -0.3 is 20.1 Å². The van der Waals surface area contributed by atoms with Crippen LogP contribution in [0.4, 0.5) is 0 Å². The largest absolute Gasteiger partial charge is 0.387 e. The van der Waals surface area contributed by atoms with Crippen LogP contribution in [0.1, 0.15) is 0 Å². The van der Waals surface area contributed by atoms with Crippen LogP contribution in [0.15, 0.2) is 5.11 Å². The molecular weight excluding hydrogens is 166 g/mol. The Labute approximate surface area is 67.8 Å². The van der Waals surface area contributed by atoms with E-state index in [1.807, 2.05) is 0 Å². The molecule has 1 aliphatic heterocycles.